The van der Waals surface area contributed by atoms with E-state index in [1.165, 1.54) is 17.8 Å². The number of hydrogen-bond donors (Lipinski definition) is 1. The second-order valence-corrected chi connectivity index (χ2v) is 8.71. The highest BCUT2D eigenvalue weighted by Crippen LogP contribution is 2.54. The normalized spacial score (nSPS) is 32.0. The molecule has 27 heavy (non-hydrogen) atoms. The van der Waals surface area contributed by atoms with E-state index >= 15 is 0 Å². The number of amides is 1. The molecule has 3 aliphatic heterocycles. The van der Waals surface area contributed by atoms with Gasteiger partial charge < -0.3 is 10.1 Å². The zero-order chi connectivity index (χ0) is 18.4. The number of hydrogen-bond acceptors (Lipinski definition) is 5. The molecule has 0 aliphatic carbocycles. The van der Waals surface area contributed by atoms with E-state index in [0.29, 0.717) is 18.4 Å². The van der Waals surface area contributed by atoms with E-state index in [1.54, 1.807) is 11.3 Å². The maximum atomic E-state index is 13.3. The molecule has 5 heterocycles. The molecular formula is C20H22FN3O2S. The first-order valence-electron chi connectivity index (χ1n) is 9.43. The molecular weight excluding hydrogens is 365 g/mol. The molecule has 5 nitrogen and oxygen atoms in total. The summed E-state index contributed by atoms with van der Waals surface area (Å²) in [5.74, 6) is -0.00538. The van der Waals surface area contributed by atoms with Gasteiger partial charge >= 0.3 is 0 Å². The van der Waals surface area contributed by atoms with Crippen molar-refractivity contribution in [2.75, 3.05) is 19.6 Å². The van der Waals surface area contributed by atoms with E-state index in [4.69, 9.17) is 4.74 Å². The molecule has 3 aliphatic rings. The van der Waals surface area contributed by atoms with Gasteiger partial charge in [0.25, 0.3) is 5.91 Å². The summed E-state index contributed by atoms with van der Waals surface area (Å²) in [5, 5.41) is 7.30. The standard InChI is InChI=1S/C20H22FN3O2S/c21-15-5-14(6-22-7-15)19(25)23-8-16-17-10-24(9-13-2-4-27-11-13)12-20(17)3-1-18(16)26-20/h2,4-7,11,16-18H,1,3,8-10,12H2,(H,23,25)/t16-,17+,18+,20+/m0/s1. The summed E-state index contributed by atoms with van der Waals surface area (Å²) < 4.78 is 19.7. The fourth-order valence-electron chi connectivity index (χ4n) is 5.17. The molecule has 3 fully saturated rings. The van der Waals surface area contributed by atoms with Crippen LogP contribution in [0.2, 0.25) is 0 Å². The summed E-state index contributed by atoms with van der Waals surface area (Å²) in [6.45, 7) is 3.51. The number of carbonyl (C=O) groups is 1. The summed E-state index contributed by atoms with van der Waals surface area (Å²) in [4.78, 5) is 18.6. The quantitative estimate of drug-likeness (QED) is 0.857. The van der Waals surface area contributed by atoms with Gasteiger partial charge in [-0.3, -0.25) is 14.7 Å². The molecule has 0 aromatic carbocycles. The SMILES string of the molecule is O=C(NC[C@H]1[C@H]2CN(Cc3ccsc3)C[C@]23CC[C@H]1O3)c1cncc(F)c1. The van der Waals surface area contributed by atoms with Crippen molar-refractivity contribution in [3.05, 3.63) is 52.2 Å². The number of aromatic nitrogens is 1. The predicted octanol–water partition coefficient (Wildman–Crippen LogP) is 2.69. The fraction of sp³-hybridized carbons (Fsp3) is 0.500. The highest BCUT2D eigenvalue weighted by molar-refractivity contribution is 7.07. The number of carbonyl (C=O) groups excluding carboxylic acids is 1. The molecule has 1 amide bonds. The maximum absolute atomic E-state index is 13.3. The third kappa shape index (κ3) is 3.07. The van der Waals surface area contributed by atoms with Gasteiger partial charge in [0.1, 0.15) is 5.82 Å². The molecule has 142 valence electrons. The van der Waals surface area contributed by atoms with Crippen LogP contribution in [0.1, 0.15) is 28.8 Å². The van der Waals surface area contributed by atoms with Crippen molar-refractivity contribution in [3.63, 3.8) is 0 Å². The second kappa shape index (κ2) is 6.65. The monoisotopic (exact) mass is 387 g/mol. The van der Waals surface area contributed by atoms with Gasteiger partial charge in [-0.15, -0.1) is 0 Å². The summed E-state index contributed by atoms with van der Waals surface area (Å²) in [5.41, 5.74) is 1.57. The third-order valence-electron chi connectivity index (χ3n) is 6.31. The van der Waals surface area contributed by atoms with Crippen molar-refractivity contribution in [2.24, 2.45) is 11.8 Å². The van der Waals surface area contributed by atoms with Crippen molar-refractivity contribution in [1.82, 2.24) is 15.2 Å². The van der Waals surface area contributed by atoms with Crippen molar-refractivity contribution >= 4 is 17.2 Å². The average Bonchev–Trinajstić information content (AvgIpc) is 3.41. The van der Waals surface area contributed by atoms with E-state index in [2.05, 4.69) is 32.0 Å². The first-order chi connectivity index (χ1) is 13.1. The maximum Gasteiger partial charge on any atom is 0.252 e. The van der Waals surface area contributed by atoms with E-state index in [-0.39, 0.29) is 23.2 Å². The minimum atomic E-state index is -0.496. The number of nitrogens with zero attached hydrogens (tertiary/aromatic N) is 2. The lowest BCUT2D eigenvalue weighted by atomic mass is 9.73. The Kier molecular flexibility index (Phi) is 4.26. The Hall–Kier alpha value is -1.83. The van der Waals surface area contributed by atoms with Gasteiger partial charge in [-0.2, -0.15) is 11.3 Å². The molecule has 2 aromatic rings. The van der Waals surface area contributed by atoms with Crippen molar-refractivity contribution in [2.45, 2.75) is 31.1 Å². The lowest BCUT2D eigenvalue weighted by Gasteiger charge is -2.29. The summed E-state index contributed by atoms with van der Waals surface area (Å²) in [6.07, 6.45) is 4.90. The second-order valence-electron chi connectivity index (χ2n) is 7.93. The van der Waals surface area contributed by atoms with Gasteiger partial charge in [-0.25, -0.2) is 4.39 Å². The number of nitrogens with one attached hydrogen (secondary N) is 1. The van der Waals surface area contributed by atoms with Gasteiger partial charge in [0.2, 0.25) is 0 Å². The van der Waals surface area contributed by atoms with E-state index in [0.717, 1.165) is 38.7 Å². The highest BCUT2D eigenvalue weighted by Gasteiger charge is 2.62. The Morgan fingerprint density at radius 3 is 3.22 bits per heavy atom. The van der Waals surface area contributed by atoms with Crippen molar-refractivity contribution < 1.29 is 13.9 Å². The lowest BCUT2D eigenvalue weighted by Crippen LogP contribution is -2.41. The molecule has 2 aromatic heterocycles. The first kappa shape index (κ1) is 17.3. The minimum Gasteiger partial charge on any atom is -0.370 e. The van der Waals surface area contributed by atoms with Crippen LogP contribution in [0.3, 0.4) is 0 Å². The number of ether oxygens (including phenoxy) is 1. The number of rotatable bonds is 5. The largest absolute Gasteiger partial charge is 0.370 e. The van der Waals surface area contributed by atoms with Gasteiger partial charge in [-0.1, -0.05) is 0 Å². The zero-order valence-corrected chi connectivity index (χ0v) is 15.8. The Bertz CT molecular complexity index is 846. The van der Waals surface area contributed by atoms with Gasteiger partial charge in [0.05, 0.1) is 23.5 Å². The molecule has 0 radical (unpaired) electrons. The van der Waals surface area contributed by atoms with Crippen LogP contribution in [-0.2, 0) is 11.3 Å². The number of thiophene rings is 1. The lowest BCUT2D eigenvalue weighted by molar-refractivity contribution is 0.00213. The van der Waals surface area contributed by atoms with Crippen LogP contribution in [0.25, 0.3) is 0 Å². The van der Waals surface area contributed by atoms with Gasteiger partial charge in [-0.05, 0) is 41.3 Å². The third-order valence-corrected chi connectivity index (χ3v) is 7.04. The number of likely N-dealkylation sites (tertiary alicyclic amines) is 1. The zero-order valence-electron chi connectivity index (χ0n) is 14.9. The topological polar surface area (TPSA) is 54.5 Å². The van der Waals surface area contributed by atoms with Crippen LogP contribution in [0, 0.1) is 17.7 Å². The summed E-state index contributed by atoms with van der Waals surface area (Å²) in [7, 11) is 0. The number of fused-ring (bicyclic) bond motifs is 1. The van der Waals surface area contributed by atoms with E-state index in [9.17, 15) is 9.18 Å². The van der Waals surface area contributed by atoms with Crippen LogP contribution in [0.5, 0.6) is 0 Å². The van der Waals surface area contributed by atoms with Crippen molar-refractivity contribution in [1.29, 1.82) is 0 Å². The number of halogens is 1. The average molecular weight is 387 g/mol. The highest BCUT2D eigenvalue weighted by atomic mass is 32.1. The van der Waals surface area contributed by atoms with Crippen LogP contribution >= 0.6 is 11.3 Å². The minimum absolute atomic E-state index is 0.0451. The van der Waals surface area contributed by atoms with Gasteiger partial charge in [0.15, 0.2) is 0 Å². The fourth-order valence-corrected chi connectivity index (χ4v) is 5.83. The molecule has 1 N–H and O–H groups in total. The molecule has 0 unspecified atom stereocenters. The van der Waals surface area contributed by atoms with Crippen molar-refractivity contribution in [3.8, 4) is 0 Å². The Morgan fingerprint density at radius 2 is 2.41 bits per heavy atom. The van der Waals surface area contributed by atoms with Crippen LogP contribution in [0.15, 0.2) is 35.3 Å². The van der Waals surface area contributed by atoms with E-state index in [1.807, 2.05) is 0 Å². The Morgan fingerprint density at radius 1 is 1.48 bits per heavy atom. The van der Waals surface area contributed by atoms with Crippen LogP contribution in [-0.4, -0.2) is 47.1 Å². The van der Waals surface area contributed by atoms with Crippen LogP contribution < -0.4 is 5.32 Å². The molecule has 0 saturated carbocycles. The Balaban J connectivity index is 1.25. The molecule has 4 atom stereocenters. The van der Waals surface area contributed by atoms with Gasteiger partial charge in [0, 0.05) is 44.2 Å². The molecule has 1 spiro atoms. The van der Waals surface area contributed by atoms with E-state index < -0.39 is 5.82 Å². The van der Waals surface area contributed by atoms with Crippen LogP contribution in [0.4, 0.5) is 4.39 Å². The Labute approximate surface area is 161 Å². The molecule has 7 heteroatoms. The summed E-state index contributed by atoms with van der Waals surface area (Å²) >= 11 is 1.73. The first-order valence-corrected chi connectivity index (χ1v) is 10.4. The predicted molar refractivity (Wildman–Crippen MR) is 99.9 cm³/mol. The smallest absolute Gasteiger partial charge is 0.252 e. The molecule has 2 bridgehead atoms. The summed E-state index contributed by atoms with van der Waals surface area (Å²) in [6, 6.07) is 3.40. The number of pyridine rings is 1. The molecule has 5 rings (SSSR count). The molecule has 3 saturated heterocycles.